The van der Waals surface area contributed by atoms with Crippen LogP contribution in [-0.4, -0.2) is 47.5 Å². The second-order valence-electron chi connectivity index (χ2n) is 7.66. The number of carbonyl (C=O) groups is 1. The summed E-state index contributed by atoms with van der Waals surface area (Å²) >= 11 is 7.77. The first kappa shape index (κ1) is 21.5. The predicted molar refractivity (Wildman–Crippen MR) is 125 cm³/mol. The highest BCUT2D eigenvalue weighted by atomic mass is 35.5. The van der Waals surface area contributed by atoms with Crippen LogP contribution in [0.15, 0.2) is 45.6 Å². The Morgan fingerprint density at radius 3 is 2.71 bits per heavy atom. The van der Waals surface area contributed by atoms with Gasteiger partial charge >= 0.3 is 5.76 Å². The normalized spacial score (nSPS) is 11.6. The molecule has 0 bridgehead atoms. The van der Waals surface area contributed by atoms with Gasteiger partial charge in [0.15, 0.2) is 10.7 Å². The number of aromatic nitrogens is 2. The van der Waals surface area contributed by atoms with Crippen LogP contribution in [0.5, 0.6) is 0 Å². The van der Waals surface area contributed by atoms with Gasteiger partial charge in [0.2, 0.25) is 5.91 Å². The van der Waals surface area contributed by atoms with Crippen LogP contribution in [0.3, 0.4) is 0 Å². The fourth-order valence-corrected chi connectivity index (χ4v) is 4.82. The summed E-state index contributed by atoms with van der Waals surface area (Å²) in [6, 6.07) is 10.8. The number of halogens is 1. The summed E-state index contributed by atoms with van der Waals surface area (Å²) < 4.78 is 7.49. The second kappa shape index (κ2) is 8.82. The number of rotatable bonds is 7. The minimum atomic E-state index is -0.550. The third-order valence-electron chi connectivity index (χ3n) is 5.07. The summed E-state index contributed by atoms with van der Waals surface area (Å²) in [6.07, 6.45) is 0.766. The zero-order valence-electron chi connectivity index (χ0n) is 17.6. The Morgan fingerprint density at radius 1 is 1.19 bits per heavy atom. The number of amides is 1. The smallest absolute Gasteiger partial charge is 0.408 e. The van der Waals surface area contributed by atoms with E-state index in [1.165, 1.54) is 15.9 Å². The van der Waals surface area contributed by atoms with Crippen molar-refractivity contribution in [2.75, 3.05) is 32.1 Å². The molecule has 0 radical (unpaired) electrons. The number of thiazole rings is 1. The highest BCUT2D eigenvalue weighted by Crippen LogP contribution is 2.35. The molecule has 0 aliphatic carbocycles. The molecule has 0 N–H and O–H groups in total. The molecule has 4 aromatic rings. The van der Waals surface area contributed by atoms with Gasteiger partial charge in [0, 0.05) is 6.54 Å². The van der Waals surface area contributed by atoms with E-state index in [9.17, 15) is 9.59 Å². The van der Waals surface area contributed by atoms with Gasteiger partial charge in [-0.25, -0.2) is 9.78 Å². The van der Waals surface area contributed by atoms with Crippen molar-refractivity contribution in [3.8, 4) is 0 Å². The number of aryl methyl sites for hydroxylation is 1. The molecule has 4 rings (SSSR count). The molecule has 7 nitrogen and oxygen atoms in total. The number of nitrogens with zero attached hydrogens (tertiary/aromatic N) is 4. The Balaban J connectivity index is 1.70. The summed E-state index contributed by atoms with van der Waals surface area (Å²) in [5, 5.41) is 1.19. The summed E-state index contributed by atoms with van der Waals surface area (Å²) in [5.41, 5.74) is 2.85. The van der Waals surface area contributed by atoms with Gasteiger partial charge in [-0.1, -0.05) is 41.1 Å². The number of hydrogen-bond acceptors (Lipinski definition) is 6. The van der Waals surface area contributed by atoms with Crippen LogP contribution in [-0.2, 0) is 11.3 Å². The molecule has 9 heteroatoms. The van der Waals surface area contributed by atoms with Crippen molar-refractivity contribution in [3.63, 3.8) is 0 Å². The molecule has 2 aromatic heterocycles. The van der Waals surface area contributed by atoms with Gasteiger partial charge in [-0.3, -0.25) is 14.3 Å². The van der Waals surface area contributed by atoms with E-state index in [1.54, 1.807) is 23.1 Å². The van der Waals surface area contributed by atoms with Crippen LogP contribution >= 0.6 is 22.9 Å². The van der Waals surface area contributed by atoms with Crippen molar-refractivity contribution < 1.29 is 9.21 Å². The van der Waals surface area contributed by atoms with Crippen molar-refractivity contribution >= 4 is 55.3 Å². The monoisotopic (exact) mass is 458 g/mol. The molecule has 0 aliphatic heterocycles. The second-order valence-corrected chi connectivity index (χ2v) is 9.05. The number of oxazole rings is 1. The van der Waals surface area contributed by atoms with Crippen LogP contribution in [0, 0.1) is 6.92 Å². The molecule has 0 fully saturated rings. The summed E-state index contributed by atoms with van der Waals surface area (Å²) in [5.74, 6) is -0.772. The number of fused-ring (bicyclic) bond motifs is 2. The number of carbonyl (C=O) groups excluding carboxylic acids is 1. The van der Waals surface area contributed by atoms with Gasteiger partial charge in [0.1, 0.15) is 6.54 Å². The van der Waals surface area contributed by atoms with Gasteiger partial charge in [-0.2, -0.15) is 0 Å². The lowest BCUT2D eigenvalue weighted by Gasteiger charge is -2.21. The maximum Gasteiger partial charge on any atom is 0.420 e. The highest BCUT2D eigenvalue weighted by Gasteiger charge is 2.23. The molecule has 31 heavy (non-hydrogen) atoms. The molecule has 2 heterocycles. The number of para-hydroxylation sites is 2. The summed E-state index contributed by atoms with van der Waals surface area (Å²) in [7, 11) is 3.98. The van der Waals surface area contributed by atoms with Gasteiger partial charge in [0.05, 0.1) is 20.8 Å². The zero-order chi connectivity index (χ0) is 22.1. The van der Waals surface area contributed by atoms with Crippen molar-refractivity contribution in [2.24, 2.45) is 0 Å². The van der Waals surface area contributed by atoms with E-state index >= 15 is 0 Å². The minimum absolute atomic E-state index is 0.125. The third kappa shape index (κ3) is 4.37. The number of benzene rings is 2. The van der Waals surface area contributed by atoms with E-state index < -0.39 is 5.76 Å². The average molecular weight is 459 g/mol. The first-order valence-electron chi connectivity index (χ1n) is 9.94. The fourth-order valence-electron chi connectivity index (χ4n) is 3.46. The number of anilines is 1. The molecule has 0 spiro atoms. The van der Waals surface area contributed by atoms with E-state index in [-0.39, 0.29) is 12.5 Å². The minimum Gasteiger partial charge on any atom is -0.408 e. The lowest BCUT2D eigenvalue weighted by Crippen LogP contribution is -2.37. The van der Waals surface area contributed by atoms with Gasteiger partial charge < -0.3 is 9.32 Å². The van der Waals surface area contributed by atoms with E-state index in [0.717, 1.165) is 28.7 Å². The van der Waals surface area contributed by atoms with E-state index in [0.29, 0.717) is 27.8 Å². The quantitative estimate of drug-likeness (QED) is 0.416. The fraction of sp³-hybridized carbons (Fsp3) is 0.318. The van der Waals surface area contributed by atoms with Crippen LogP contribution < -0.4 is 10.7 Å². The van der Waals surface area contributed by atoms with Crippen molar-refractivity contribution in [3.05, 3.63) is 57.5 Å². The SMILES string of the molecule is Cc1ccc(Cl)c2sc(N(CCCN(C)C)C(=O)Cn3c(=O)oc4ccccc43)nc12. The Labute approximate surface area is 188 Å². The van der Waals surface area contributed by atoms with Crippen LogP contribution in [0.2, 0.25) is 5.02 Å². The predicted octanol–water partition coefficient (Wildman–Crippen LogP) is 4.15. The van der Waals surface area contributed by atoms with E-state index in [1.807, 2.05) is 39.2 Å². The maximum atomic E-state index is 13.4. The molecule has 0 saturated heterocycles. The first-order chi connectivity index (χ1) is 14.8. The Morgan fingerprint density at radius 2 is 1.97 bits per heavy atom. The van der Waals surface area contributed by atoms with Gasteiger partial charge in [-0.05, 0) is 57.7 Å². The Kier molecular flexibility index (Phi) is 6.13. The molecule has 0 atom stereocenters. The van der Waals surface area contributed by atoms with Crippen molar-refractivity contribution in [2.45, 2.75) is 19.9 Å². The largest absolute Gasteiger partial charge is 0.420 e. The molecule has 162 valence electrons. The topological polar surface area (TPSA) is 71.6 Å². The molecular weight excluding hydrogens is 436 g/mol. The standard InChI is InChI=1S/C22H23ClN4O3S/c1-14-9-10-15(23)20-19(14)24-21(31-20)26(12-6-11-25(2)3)18(28)13-27-16-7-4-5-8-17(16)30-22(27)29/h4-5,7-10H,6,11-13H2,1-3H3. The highest BCUT2D eigenvalue weighted by molar-refractivity contribution is 7.23. The van der Waals surface area contributed by atoms with E-state index in [2.05, 4.69) is 4.90 Å². The Bertz CT molecular complexity index is 1270. The Hall–Kier alpha value is -2.68. The lowest BCUT2D eigenvalue weighted by molar-refractivity contribution is -0.119. The van der Waals surface area contributed by atoms with Gasteiger partial charge in [-0.15, -0.1) is 0 Å². The average Bonchev–Trinajstić information content (AvgIpc) is 3.31. The van der Waals surface area contributed by atoms with E-state index in [4.69, 9.17) is 21.0 Å². The third-order valence-corrected chi connectivity index (χ3v) is 6.61. The van der Waals surface area contributed by atoms with Crippen molar-refractivity contribution in [1.82, 2.24) is 14.5 Å². The molecule has 1 amide bonds. The summed E-state index contributed by atoms with van der Waals surface area (Å²) in [4.78, 5) is 34.2. The van der Waals surface area contributed by atoms with Gasteiger partial charge in [0.25, 0.3) is 0 Å². The first-order valence-corrected chi connectivity index (χ1v) is 11.1. The van der Waals surface area contributed by atoms with Crippen LogP contribution in [0.25, 0.3) is 21.3 Å². The summed E-state index contributed by atoms with van der Waals surface area (Å²) in [6.45, 7) is 3.15. The van der Waals surface area contributed by atoms with Crippen LogP contribution in [0.4, 0.5) is 5.13 Å². The molecule has 0 unspecified atom stereocenters. The number of hydrogen-bond donors (Lipinski definition) is 0. The molecule has 2 aromatic carbocycles. The zero-order valence-corrected chi connectivity index (χ0v) is 19.2. The van der Waals surface area contributed by atoms with Crippen molar-refractivity contribution in [1.29, 1.82) is 0 Å². The molecule has 0 saturated carbocycles. The maximum absolute atomic E-state index is 13.4. The van der Waals surface area contributed by atoms with Crippen LogP contribution in [0.1, 0.15) is 12.0 Å². The molecular formula is C22H23ClN4O3S. The lowest BCUT2D eigenvalue weighted by atomic mass is 10.2. The molecule has 0 aliphatic rings.